The van der Waals surface area contributed by atoms with Crippen molar-refractivity contribution in [2.24, 2.45) is 20.5 Å². The quantitative estimate of drug-likeness (QED) is 0.0111. The van der Waals surface area contributed by atoms with E-state index in [1.165, 1.54) is 60.7 Å². The van der Waals surface area contributed by atoms with Gasteiger partial charge in [0, 0.05) is 47.2 Å². The van der Waals surface area contributed by atoms with E-state index in [1.807, 2.05) is 0 Å². The maximum absolute atomic E-state index is 14.8. The third-order valence-electron chi connectivity index (χ3n) is 12.2. The van der Waals surface area contributed by atoms with E-state index < -0.39 is 65.2 Å². The molecule has 34 heteroatoms. The van der Waals surface area contributed by atoms with E-state index >= 15 is 0 Å². The summed E-state index contributed by atoms with van der Waals surface area (Å²) in [6, 6.07) is 30.2. The number of anilines is 10. The van der Waals surface area contributed by atoms with E-state index in [9.17, 15) is 65.4 Å². The molecular formula is C53H42Cu2F2N16O12S2. The maximum Gasteiger partial charge on any atom is 0.315 e. The van der Waals surface area contributed by atoms with Crippen LogP contribution in [0.3, 0.4) is 0 Å². The van der Waals surface area contributed by atoms with Crippen molar-refractivity contribution < 1.29 is 99.5 Å². The predicted molar refractivity (Wildman–Crippen MR) is 306 cm³/mol. The normalized spacial score (nSPS) is 11.5. The first-order valence-corrected chi connectivity index (χ1v) is 27.5. The van der Waals surface area contributed by atoms with Gasteiger partial charge in [0.2, 0.25) is 23.8 Å². The minimum atomic E-state index is -4.66. The Hall–Kier alpha value is -10.2. The van der Waals surface area contributed by atoms with Gasteiger partial charge in [0.15, 0.2) is 11.5 Å². The van der Waals surface area contributed by atoms with Crippen LogP contribution in [0.2, 0.25) is 0 Å². The first kappa shape index (κ1) is 62.9. The first-order chi connectivity index (χ1) is 40.6. The fourth-order valence-electron chi connectivity index (χ4n) is 8.27. The number of nitrogens with one attached hydrogen (secondary N) is 6. The third kappa shape index (κ3) is 14.7. The Kier molecular flexibility index (Phi) is 19.1. The number of aromatic hydroxyl groups is 6. The summed E-state index contributed by atoms with van der Waals surface area (Å²) in [5.74, 6) is -3.32. The van der Waals surface area contributed by atoms with Crippen molar-refractivity contribution in [2.45, 2.75) is 16.2 Å². The van der Waals surface area contributed by atoms with E-state index in [0.717, 1.165) is 36.4 Å². The average molecular weight is 1320 g/mol. The van der Waals surface area contributed by atoms with Gasteiger partial charge in [-0.15, -0.1) is 20.5 Å². The summed E-state index contributed by atoms with van der Waals surface area (Å²) in [6.45, 7) is 0.216. The second-order valence-electron chi connectivity index (χ2n) is 17.9. The number of fused-ring (bicyclic) bond motifs is 2. The molecule has 10 rings (SSSR count). The van der Waals surface area contributed by atoms with Gasteiger partial charge >= 0.3 is 12.2 Å². The third-order valence-corrected chi connectivity index (χ3v) is 13.9. The number of nitrogens with zero attached hydrogens (tertiary/aromatic N) is 10. The number of rotatable bonds is 20. The number of aromatic nitrogens is 6. The van der Waals surface area contributed by atoms with E-state index in [-0.39, 0.29) is 157 Å². The molecule has 0 amide bonds. The molecule has 2 aromatic heterocycles. The molecule has 0 unspecified atom stereocenters. The maximum atomic E-state index is 14.8. The predicted octanol–water partition coefficient (Wildman–Crippen LogP) is 11.1. The fourth-order valence-corrected chi connectivity index (χ4v) is 9.28. The smallest absolute Gasteiger partial charge is 0.315 e. The Balaban J connectivity index is 0.00000491. The molecule has 87 heavy (non-hydrogen) atoms. The van der Waals surface area contributed by atoms with Gasteiger partial charge in [0.25, 0.3) is 20.2 Å². The molecular weight excluding hydrogens is 1280 g/mol. The second-order valence-corrected chi connectivity index (χ2v) is 20.8. The van der Waals surface area contributed by atoms with Crippen molar-refractivity contribution in [3.63, 3.8) is 0 Å². The number of para-hydroxylation sites is 2. The largest absolute Gasteiger partial charge is 0.507 e. The average Bonchev–Trinajstić information content (AvgIpc) is 3.57. The zero-order chi connectivity index (χ0) is 60.2. The van der Waals surface area contributed by atoms with Gasteiger partial charge in [-0.1, -0.05) is 48.5 Å². The Labute approximate surface area is 510 Å². The van der Waals surface area contributed by atoms with Crippen LogP contribution < -0.4 is 31.9 Å². The van der Waals surface area contributed by atoms with Gasteiger partial charge in [-0.05, 0) is 102 Å². The number of hydrogen-bond acceptors (Lipinski definition) is 26. The molecule has 2 radical (unpaired) electrons. The number of phenols is 6. The molecule has 8 aromatic carbocycles. The van der Waals surface area contributed by atoms with Crippen LogP contribution in [0, 0.1) is 12.2 Å². The minimum absolute atomic E-state index is 0. The molecule has 0 aliphatic heterocycles. The molecule has 0 atom stereocenters. The van der Waals surface area contributed by atoms with Crippen molar-refractivity contribution in [1.82, 2.24) is 29.9 Å². The van der Waals surface area contributed by atoms with Gasteiger partial charge in [0.1, 0.15) is 45.7 Å². The molecule has 0 bridgehead atoms. The minimum Gasteiger partial charge on any atom is -0.507 e. The zero-order valence-electron chi connectivity index (χ0n) is 43.7. The molecule has 0 fully saturated rings. The zero-order valence-corrected chi connectivity index (χ0v) is 47.2. The topological polar surface area (TPSA) is 429 Å². The summed E-state index contributed by atoms with van der Waals surface area (Å²) in [7, 11) is -9.32. The summed E-state index contributed by atoms with van der Waals surface area (Å²) in [5.41, 5.74) is -0.434. The van der Waals surface area contributed by atoms with Crippen molar-refractivity contribution in [3.8, 4) is 34.5 Å². The van der Waals surface area contributed by atoms with E-state index in [0.29, 0.717) is 10.8 Å². The van der Waals surface area contributed by atoms with Crippen LogP contribution in [0.1, 0.15) is 6.42 Å². The summed E-state index contributed by atoms with van der Waals surface area (Å²) in [4.78, 5) is 22.0. The van der Waals surface area contributed by atoms with Crippen molar-refractivity contribution >= 4 is 122 Å². The monoisotopic (exact) mass is 1320 g/mol. The van der Waals surface area contributed by atoms with E-state index in [1.54, 1.807) is 36.4 Å². The summed E-state index contributed by atoms with van der Waals surface area (Å²) >= 11 is 0. The number of phenolic OH excluding ortho intramolecular Hbond substituents is 6. The standard InChI is InChI=1S/C53H42F2N16O12S2.2Cu/c54-48-62-50(66-52(64-48)60-32-8-3-10-34(46(32)76)68-70-44-30(18-14-26-6-1-12-40(74)42(26)44)58-36-24-28(84(78,79)80)16-20-38(36)72)56-22-5-23-57-51-63-49(55)65-53(67-51)61-33-9-4-11-35(47(33)77)69-71-45-31(19-15-27-7-2-13-41(75)43(27)45)59-37-25-29(85(81,82)83)17-21-39(37)73;;/h1-4,6-21,24-25,58-59,72-77H,5,22-23H2,(H,78,79,80)(H,81,82,83)(H2,56,60,62,64,66)(H2,57,61,63,65,67);;. The van der Waals surface area contributed by atoms with Crippen LogP contribution in [-0.2, 0) is 54.4 Å². The van der Waals surface area contributed by atoms with Gasteiger partial charge in [-0.2, -0.15) is 55.5 Å². The van der Waals surface area contributed by atoms with Crippen LogP contribution in [0.4, 0.5) is 89.4 Å². The molecule has 14 N–H and O–H groups in total. The molecule has 0 aliphatic rings. The second kappa shape index (κ2) is 26.4. The molecule has 454 valence electrons. The van der Waals surface area contributed by atoms with Crippen molar-refractivity contribution in [3.05, 3.63) is 146 Å². The summed E-state index contributed by atoms with van der Waals surface area (Å²) in [5, 5.41) is 101. The number of benzene rings is 8. The van der Waals surface area contributed by atoms with Crippen LogP contribution >= 0.6 is 0 Å². The van der Waals surface area contributed by atoms with Crippen LogP contribution in [0.25, 0.3) is 21.5 Å². The summed E-state index contributed by atoms with van der Waals surface area (Å²) in [6.07, 6.45) is -2.13. The Morgan fingerprint density at radius 3 is 1.20 bits per heavy atom. The number of halogens is 2. The van der Waals surface area contributed by atoms with Crippen LogP contribution in [0.15, 0.2) is 164 Å². The van der Waals surface area contributed by atoms with Gasteiger partial charge in [-0.3, -0.25) is 9.11 Å². The molecule has 0 saturated heterocycles. The SMILES string of the molecule is O=S(=O)(O)c1ccc(O)c(Nc2ccc3cccc(O)c3c2N=Nc2cccc(Nc3nc(F)nc(NCCCNc4nc(F)nc(Nc5cccc(N=Nc6c(Nc7cc(S(=O)(=O)O)ccc7O)ccc7cccc(O)c67)c5O)n4)n3)c2O)c1.[Cu].[Cu]. The Morgan fingerprint density at radius 2 is 0.793 bits per heavy atom. The molecule has 2 heterocycles. The molecule has 0 spiro atoms. The van der Waals surface area contributed by atoms with Gasteiger partial charge in [0.05, 0.1) is 54.7 Å². The first-order valence-electron chi connectivity index (χ1n) is 24.6. The van der Waals surface area contributed by atoms with Gasteiger partial charge in [-0.25, -0.2) is 0 Å². The molecule has 0 aliphatic carbocycles. The van der Waals surface area contributed by atoms with Crippen LogP contribution in [-0.4, -0.2) is 99.6 Å². The molecule has 28 nitrogen and oxygen atoms in total. The summed E-state index contributed by atoms with van der Waals surface area (Å²) < 4.78 is 96.2. The number of azo groups is 2. The fraction of sp³-hybridized carbons (Fsp3) is 0.0566. The van der Waals surface area contributed by atoms with Crippen molar-refractivity contribution in [1.29, 1.82) is 0 Å². The van der Waals surface area contributed by atoms with E-state index in [4.69, 9.17) is 0 Å². The molecule has 0 saturated carbocycles. The van der Waals surface area contributed by atoms with Gasteiger partial charge < -0.3 is 62.5 Å². The Morgan fingerprint density at radius 1 is 0.402 bits per heavy atom. The van der Waals surface area contributed by atoms with Crippen LogP contribution in [0.5, 0.6) is 34.5 Å². The number of hydrogen-bond donors (Lipinski definition) is 14. The Bertz CT molecular complexity index is 4300. The van der Waals surface area contributed by atoms with Crippen molar-refractivity contribution in [2.75, 3.05) is 45.0 Å². The van der Waals surface area contributed by atoms with E-state index in [2.05, 4.69) is 82.3 Å². The molecule has 10 aromatic rings.